The van der Waals surface area contributed by atoms with Gasteiger partial charge in [0.1, 0.15) is 18.1 Å². The van der Waals surface area contributed by atoms with E-state index in [1.54, 1.807) is 25.8 Å². The molecule has 1 saturated carbocycles. The Morgan fingerprint density at radius 2 is 1.94 bits per heavy atom. The lowest BCUT2D eigenvalue weighted by molar-refractivity contribution is 0.286. The third-order valence-electron chi connectivity index (χ3n) is 6.74. The van der Waals surface area contributed by atoms with E-state index in [-0.39, 0.29) is 12.8 Å². The van der Waals surface area contributed by atoms with Crippen LogP contribution in [0.25, 0.3) is 22.4 Å². The summed E-state index contributed by atoms with van der Waals surface area (Å²) in [6.45, 7) is 3.53. The Kier molecular flexibility index (Phi) is 5.73. The first-order chi connectivity index (χ1) is 17.7. The molecule has 3 aromatic heterocycles. The van der Waals surface area contributed by atoms with E-state index in [0.29, 0.717) is 24.2 Å². The van der Waals surface area contributed by atoms with Crippen molar-refractivity contribution in [2.24, 2.45) is 0 Å². The van der Waals surface area contributed by atoms with E-state index in [4.69, 9.17) is 9.72 Å². The van der Waals surface area contributed by atoms with Crippen molar-refractivity contribution in [1.82, 2.24) is 39.9 Å². The van der Waals surface area contributed by atoms with Gasteiger partial charge in [0.05, 0.1) is 43.2 Å². The van der Waals surface area contributed by atoms with Gasteiger partial charge in [-0.25, -0.2) is 24.6 Å². The summed E-state index contributed by atoms with van der Waals surface area (Å²) in [5.41, 5.74) is 5.54. The number of nitrogens with zero attached hydrogens (tertiary/aromatic N) is 7. The predicted octanol–water partition coefficient (Wildman–Crippen LogP) is 2.98. The van der Waals surface area contributed by atoms with Gasteiger partial charge in [-0.05, 0) is 30.9 Å². The number of nitrogens with one attached hydrogen (secondary N) is 1. The van der Waals surface area contributed by atoms with Crippen LogP contribution in [0.3, 0.4) is 0 Å². The van der Waals surface area contributed by atoms with Crippen molar-refractivity contribution >= 4 is 11.0 Å². The van der Waals surface area contributed by atoms with Crippen LogP contribution in [0.1, 0.15) is 48.7 Å². The van der Waals surface area contributed by atoms with Crippen LogP contribution < -0.4 is 10.1 Å². The molecule has 0 bridgehead atoms. The molecule has 2 aliphatic rings. The second-order valence-corrected chi connectivity index (χ2v) is 9.12. The summed E-state index contributed by atoms with van der Waals surface area (Å²) in [7, 11) is 1.61. The van der Waals surface area contributed by atoms with E-state index in [2.05, 4.69) is 61.5 Å². The molecular formula is C26H28N8O2. The third kappa shape index (κ3) is 4.03. The predicted molar refractivity (Wildman–Crippen MR) is 134 cm³/mol. The molecule has 36 heavy (non-hydrogen) atoms. The maximum absolute atomic E-state index is 9.49. The summed E-state index contributed by atoms with van der Waals surface area (Å²) >= 11 is 0. The van der Waals surface area contributed by atoms with E-state index in [0.717, 1.165) is 58.5 Å². The van der Waals surface area contributed by atoms with Crippen molar-refractivity contribution in [3.63, 3.8) is 0 Å². The number of hydrogen-bond acceptors (Lipinski definition) is 9. The second kappa shape index (κ2) is 9.19. The molecule has 6 rings (SSSR count). The molecule has 184 valence electrons. The van der Waals surface area contributed by atoms with Gasteiger partial charge in [-0.15, -0.1) is 0 Å². The lowest BCUT2D eigenvalue weighted by Gasteiger charge is -2.24. The maximum Gasteiger partial charge on any atom is 0.227 e. The molecule has 1 unspecified atom stereocenters. The smallest absolute Gasteiger partial charge is 0.227 e. The summed E-state index contributed by atoms with van der Waals surface area (Å²) in [5.74, 6) is 1.45. The largest absolute Gasteiger partial charge is 0.480 e. The molecule has 10 heteroatoms. The van der Waals surface area contributed by atoms with Crippen LogP contribution in [0, 0.1) is 0 Å². The first kappa shape index (κ1) is 22.4. The van der Waals surface area contributed by atoms with E-state index in [1.165, 1.54) is 0 Å². The highest BCUT2D eigenvalue weighted by molar-refractivity contribution is 5.77. The van der Waals surface area contributed by atoms with Gasteiger partial charge in [-0.3, -0.25) is 0 Å². The van der Waals surface area contributed by atoms with E-state index in [9.17, 15) is 5.11 Å². The minimum Gasteiger partial charge on any atom is -0.480 e. The standard InChI is InChI=1S/C26H28N8O2/c1-3-33-13-20(14-35)31-24(33)18-6-4-16(5-7-18)12-34-25-19(11-30-34)10-27-23(32-25)21-22(17-8-9-17)28-15-29-26(21)36-2/h4-7,10-11,13,15,17,24,31,35H,3,8-9,12,14H2,1-2H3. The molecule has 0 saturated heterocycles. The van der Waals surface area contributed by atoms with Crippen LogP contribution in [-0.4, -0.2) is 60.0 Å². The van der Waals surface area contributed by atoms with Crippen molar-refractivity contribution < 1.29 is 9.84 Å². The highest BCUT2D eigenvalue weighted by Gasteiger charge is 2.31. The SMILES string of the molecule is CCN1C=C(CO)NC1c1ccc(Cn2ncc3cnc(-c4c(OC)ncnc4C4CC4)nc32)cc1. The van der Waals surface area contributed by atoms with E-state index >= 15 is 0 Å². The van der Waals surface area contributed by atoms with Gasteiger partial charge in [0.2, 0.25) is 5.88 Å². The Balaban J connectivity index is 1.28. The number of methoxy groups -OCH3 is 1. The lowest BCUT2D eigenvalue weighted by Crippen LogP contribution is -2.27. The number of fused-ring (bicyclic) bond motifs is 1. The Morgan fingerprint density at radius 3 is 2.67 bits per heavy atom. The number of benzene rings is 1. The molecule has 1 aliphatic carbocycles. The number of hydrogen-bond donors (Lipinski definition) is 2. The van der Waals surface area contributed by atoms with Crippen LogP contribution in [0.2, 0.25) is 0 Å². The molecule has 0 amide bonds. The van der Waals surface area contributed by atoms with Crippen molar-refractivity contribution in [2.45, 2.75) is 38.4 Å². The normalized spacial score (nSPS) is 17.4. The molecule has 0 radical (unpaired) electrons. The van der Waals surface area contributed by atoms with Crippen LogP contribution in [0.5, 0.6) is 5.88 Å². The Morgan fingerprint density at radius 1 is 1.11 bits per heavy atom. The van der Waals surface area contributed by atoms with Crippen molar-refractivity contribution in [2.75, 3.05) is 20.3 Å². The summed E-state index contributed by atoms with van der Waals surface area (Å²) in [6, 6.07) is 8.45. The van der Waals surface area contributed by atoms with Gasteiger partial charge in [0.15, 0.2) is 11.5 Å². The molecule has 1 fully saturated rings. The van der Waals surface area contributed by atoms with Crippen molar-refractivity contribution in [1.29, 1.82) is 0 Å². The highest BCUT2D eigenvalue weighted by atomic mass is 16.5. The molecule has 4 aromatic rings. The molecule has 2 N–H and O–H groups in total. The molecule has 1 atom stereocenters. The number of rotatable bonds is 8. The summed E-state index contributed by atoms with van der Waals surface area (Å²) in [6.07, 6.45) is 9.34. The maximum atomic E-state index is 9.49. The quantitative estimate of drug-likeness (QED) is 0.389. The van der Waals surface area contributed by atoms with Gasteiger partial charge < -0.3 is 20.1 Å². The number of aliphatic hydroxyl groups is 1. The van der Waals surface area contributed by atoms with Crippen molar-refractivity contribution in [3.8, 4) is 17.3 Å². The Hall–Kier alpha value is -4.05. The van der Waals surface area contributed by atoms with Gasteiger partial charge in [0, 0.05) is 24.9 Å². The fourth-order valence-corrected chi connectivity index (χ4v) is 4.70. The fourth-order valence-electron chi connectivity index (χ4n) is 4.70. The number of ether oxygens (including phenoxy) is 1. The van der Waals surface area contributed by atoms with Crippen LogP contribution in [0.4, 0.5) is 0 Å². The topological polar surface area (TPSA) is 114 Å². The summed E-state index contributed by atoms with van der Waals surface area (Å²) in [4.78, 5) is 20.5. The Labute approximate surface area is 208 Å². The monoisotopic (exact) mass is 484 g/mol. The average Bonchev–Trinajstić information content (AvgIpc) is 3.57. The molecule has 10 nitrogen and oxygen atoms in total. The third-order valence-corrected chi connectivity index (χ3v) is 6.74. The highest BCUT2D eigenvalue weighted by Crippen LogP contribution is 2.44. The van der Waals surface area contributed by atoms with Gasteiger partial charge in [0.25, 0.3) is 0 Å². The average molecular weight is 485 g/mol. The first-order valence-corrected chi connectivity index (χ1v) is 12.2. The first-order valence-electron chi connectivity index (χ1n) is 12.2. The fraction of sp³-hybridized carbons (Fsp3) is 0.346. The van der Waals surface area contributed by atoms with E-state index in [1.807, 2.05) is 10.9 Å². The van der Waals surface area contributed by atoms with Crippen LogP contribution >= 0.6 is 0 Å². The minimum atomic E-state index is 0.00440. The van der Waals surface area contributed by atoms with Crippen molar-refractivity contribution in [3.05, 3.63) is 71.7 Å². The Bertz CT molecular complexity index is 1430. The molecule has 4 heterocycles. The lowest BCUT2D eigenvalue weighted by atomic mass is 10.1. The zero-order valence-corrected chi connectivity index (χ0v) is 20.3. The summed E-state index contributed by atoms with van der Waals surface area (Å²) in [5, 5.41) is 18.3. The van der Waals surface area contributed by atoms with Crippen LogP contribution in [-0.2, 0) is 6.54 Å². The van der Waals surface area contributed by atoms with Gasteiger partial charge >= 0.3 is 0 Å². The number of aliphatic hydroxyl groups excluding tert-OH is 1. The molecule has 1 aliphatic heterocycles. The molecule has 0 spiro atoms. The number of aromatic nitrogens is 6. The zero-order valence-electron chi connectivity index (χ0n) is 20.3. The second-order valence-electron chi connectivity index (χ2n) is 9.12. The minimum absolute atomic E-state index is 0.00440. The van der Waals surface area contributed by atoms with E-state index < -0.39 is 0 Å². The van der Waals surface area contributed by atoms with Gasteiger partial charge in [-0.2, -0.15) is 5.10 Å². The zero-order chi connectivity index (χ0) is 24.6. The molecule has 1 aromatic carbocycles. The molecular weight excluding hydrogens is 456 g/mol. The van der Waals surface area contributed by atoms with Gasteiger partial charge in [-0.1, -0.05) is 24.3 Å². The van der Waals surface area contributed by atoms with Crippen LogP contribution in [0.15, 0.2) is 54.9 Å². The summed E-state index contributed by atoms with van der Waals surface area (Å²) < 4.78 is 7.43.